The molecule has 0 saturated carbocycles. The Morgan fingerprint density at radius 1 is 1.25 bits per heavy atom. The third-order valence-corrected chi connectivity index (χ3v) is 3.65. The van der Waals surface area contributed by atoms with Crippen molar-refractivity contribution in [2.45, 2.75) is 26.3 Å². The second kappa shape index (κ2) is 4.76. The lowest BCUT2D eigenvalue weighted by molar-refractivity contribution is 0.867. The van der Waals surface area contributed by atoms with E-state index < -0.39 is 0 Å². The van der Waals surface area contributed by atoms with Crippen molar-refractivity contribution < 1.29 is 0 Å². The lowest BCUT2D eigenvalue weighted by atomic mass is 10.0. The van der Waals surface area contributed by atoms with Crippen LogP contribution in [0.25, 0.3) is 10.6 Å². The Kier molecular flexibility index (Phi) is 3.36. The van der Waals surface area contributed by atoms with Gasteiger partial charge < -0.3 is 5.73 Å². The number of thiazole rings is 1. The summed E-state index contributed by atoms with van der Waals surface area (Å²) in [6, 6.07) is 8.61. The van der Waals surface area contributed by atoms with E-state index in [-0.39, 0.29) is 0 Å². The number of benzene rings is 1. The second-order valence-electron chi connectivity index (χ2n) is 4.11. The van der Waals surface area contributed by atoms with Crippen LogP contribution in [0.1, 0.15) is 30.2 Å². The van der Waals surface area contributed by atoms with Gasteiger partial charge in [0.25, 0.3) is 0 Å². The highest BCUT2D eigenvalue weighted by atomic mass is 32.1. The summed E-state index contributed by atoms with van der Waals surface area (Å²) in [6.07, 6.45) is 1.86. The smallest absolute Gasteiger partial charge is 0.123 e. The first-order valence-electron chi connectivity index (χ1n) is 5.46. The fraction of sp³-hybridized carbons (Fsp3) is 0.308. The maximum absolute atomic E-state index is 5.58. The third kappa shape index (κ3) is 2.31. The summed E-state index contributed by atoms with van der Waals surface area (Å²) in [7, 11) is 0. The van der Waals surface area contributed by atoms with Crippen LogP contribution in [0.15, 0.2) is 30.5 Å². The van der Waals surface area contributed by atoms with Crippen molar-refractivity contribution in [3.05, 3.63) is 40.9 Å². The lowest BCUT2D eigenvalue weighted by Gasteiger charge is -2.05. The number of aromatic nitrogens is 1. The Bertz CT molecular complexity index is 457. The van der Waals surface area contributed by atoms with Crippen molar-refractivity contribution in [3.8, 4) is 10.6 Å². The standard InChI is InChI=1S/C13H16N2S/c1-9(2)10-3-5-11(6-4-10)13-15-8-12(7-14)16-13/h3-6,8-9H,7,14H2,1-2H3. The maximum Gasteiger partial charge on any atom is 0.123 e. The first-order chi connectivity index (χ1) is 7.70. The van der Waals surface area contributed by atoms with Gasteiger partial charge in [0.1, 0.15) is 5.01 Å². The zero-order valence-corrected chi connectivity index (χ0v) is 10.4. The first kappa shape index (κ1) is 11.3. The molecule has 0 fully saturated rings. The monoisotopic (exact) mass is 232 g/mol. The predicted octanol–water partition coefficient (Wildman–Crippen LogP) is 3.39. The SMILES string of the molecule is CC(C)c1ccc(-c2ncc(CN)s2)cc1. The summed E-state index contributed by atoms with van der Waals surface area (Å²) in [4.78, 5) is 5.50. The summed E-state index contributed by atoms with van der Waals surface area (Å²) in [5, 5.41) is 1.05. The number of hydrogen-bond acceptors (Lipinski definition) is 3. The average Bonchev–Trinajstić information content (AvgIpc) is 2.77. The molecule has 0 aliphatic rings. The number of hydrogen-bond donors (Lipinski definition) is 1. The van der Waals surface area contributed by atoms with Crippen LogP contribution in [0, 0.1) is 0 Å². The van der Waals surface area contributed by atoms with E-state index in [2.05, 4.69) is 43.1 Å². The number of rotatable bonds is 3. The highest BCUT2D eigenvalue weighted by Gasteiger charge is 2.04. The molecule has 1 aromatic carbocycles. The lowest BCUT2D eigenvalue weighted by Crippen LogP contribution is -1.91. The molecule has 0 spiro atoms. The number of nitrogens with two attached hydrogens (primary N) is 1. The van der Waals surface area contributed by atoms with E-state index in [1.807, 2.05) is 6.20 Å². The van der Waals surface area contributed by atoms with Gasteiger partial charge in [-0.2, -0.15) is 0 Å². The van der Waals surface area contributed by atoms with Gasteiger partial charge in [-0.25, -0.2) is 4.98 Å². The summed E-state index contributed by atoms with van der Waals surface area (Å²) >= 11 is 1.66. The van der Waals surface area contributed by atoms with E-state index in [1.54, 1.807) is 11.3 Å². The Morgan fingerprint density at radius 2 is 1.94 bits per heavy atom. The normalized spacial score (nSPS) is 11.0. The zero-order chi connectivity index (χ0) is 11.5. The van der Waals surface area contributed by atoms with Crippen LogP contribution in [0.3, 0.4) is 0 Å². The molecule has 0 saturated heterocycles. The van der Waals surface area contributed by atoms with Crippen molar-refractivity contribution in [3.63, 3.8) is 0 Å². The number of nitrogens with zero attached hydrogens (tertiary/aromatic N) is 1. The highest BCUT2D eigenvalue weighted by Crippen LogP contribution is 2.26. The molecule has 2 N–H and O–H groups in total. The van der Waals surface area contributed by atoms with Crippen molar-refractivity contribution in [1.29, 1.82) is 0 Å². The molecule has 0 amide bonds. The molecule has 3 heteroatoms. The molecule has 0 aliphatic heterocycles. The largest absolute Gasteiger partial charge is 0.326 e. The van der Waals surface area contributed by atoms with Gasteiger partial charge in [-0.1, -0.05) is 38.1 Å². The molecule has 1 heterocycles. The van der Waals surface area contributed by atoms with Crippen LogP contribution < -0.4 is 5.73 Å². The molecule has 2 nitrogen and oxygen atoms in total. The van der Waals surface area contributed by atoms with Gasteiger partial charge in [-0.05, 0) is 11.5 Å². The topological polar surface area (TPSA) is 38.9 Å². The minimum atomic E-state index is 0.571. The van der Waals surface area contributed by atoms with Gasteiger partial charge in [0.2, 0.25) is 0 Å². The minimum Gasteiger partial charge on any atom is -0.326 e. The highest BCUT2D eigenvalue weighted by molar-refractivity contribution is 7.15. The zero-order valence-electron chi connectivity index (χ0n) is 9.60. The molecular weight excluding hydrogens is 216 g/mol. The van der Waals surface area contributed by atoms with E-state index in [1.165, 1.54) is 11.1 Å². The van der Waals surface area contributed by atoms with Crippen LogP contribution in [-0.4, -0.2) is 4.98 Å². The van der Waals surface area contributed by atoms with Gasteiger partial charge in [0, 0.05) is 23.2 Å². The van der Waals surface area contributed by atoms with Crippen LogP contribution in [0.4, 0.5) is 0 Å². The molecule has 0 atom stereocenters. The summed E-state index contributed by atoms with van der Waals surface area (Å²) in [5.74, 6) is 0.574. The quantitative estimate of drug-likeness (QED) is 0.881. The van der Waals surface area contributed by atoms with Crippen LogP contribution >= 0.6 is 11.3 Å². The third-order valence-electron chi connectivity index (χ3n) is 2.58. The molecule has 0 radical (unpaired) electrons. The average molecular weight is 232 g/mol. The van der Waals surface area contributed by atoms with Crippen molar-refractivity contribution in [2.24, 2.45) is 5.73 Å². The molecule has 0 bridgehead atoms. The Balaban J connectivity index is 2.27. The molecule has 1 aromatic heterocycles. The van der Waals surface area contributed by atoms with Crippen molar-refractivity contribution >= 4 is 11.3 Å². The Hall–Kier alpha value is -1.19. The second-order valence-corrected chi connectivity index (χ2v) is 5.23. The Labute approximate surface area is 100 Å². The fourth-order valence-electron chi connectivity index (χ4n) is 1.55. The van der Waals surface area contributed by atoms with E-state index >= 15 is 0 Å². The summed E-state index contributed by atoms with van der Waals surface area (Å²) in [5.41, 5.74) is 8.11. The minimum absolute atomic E-state index is 0.571. The fourth-order valence-corrected chi connectivity index (χ4v) is 2.34. The van der Waals surface area contributed by atoms with Crippen LogP contribution in [-0.2, 0) is 6.54 Å². The maximum atomic E-state index is 5.58. The van der Waals surface area contributed by atoms with Gasteiger partial charge in [0.05, 0.1) is 0 Å². The van der Waals surface area contributed by atoms with Gasteiger partial charge in [-0.3, -0.25) is 0 Å². The molecule has 0 aliphatic carbocycles. The summed E-state index contributed by atoms with van der Waals surface area (Å²) < 4.78 is 0. The van der Waals surface area contributed by atoms with Crippen molar-refractivity contribution in [1.82, 2.24) is 4.98 Å². The van der Waals surface area contributed by atoms with E-state index in [9.17, 15) is 0 Å². The van der Waals surface area contributed by atoms with Crippen molar-refractivity contribution in [2.75, 3.05) is 0 Å². The molecule has 16 heavy (non-hydrogen) atoms. The van der Waals surface area contributed by atoms with E-state index in [0.29, 0.717) is 12.5 Å². The van der Waals surface area contributed by atoms with Gasteiger partial charge >= 0.3 is 0 Å². The van der Waals surface area contributed by atoms with E-state index in [4.69, 9.17) is 5.73 Å². The van der Waals surface area contributed by atoms with Crippen LogP contribution in [0.2, 0.25) is 0 Å². The van der Waals surface area contributed by atoms with Gasteiger partial charge in [-0.15, -0.1) is 11.3 Å². The molecule has 0 unspecified atom stereocenters. The summed E-state index contributed by atoms with van der Waals surface area (Å²) in [6.45, 7) is 4.97. The molecular formula is C13H16N2S. The van der Waals surface area contributed by atoms with Crippen LogP contribution in [0.5, 0.6) is 0 Å². The molecule has 2 aromatic rings. The Morgan fingerprint density at radius 3 is 2.44 bits per heavy atom. The molecule has 84 valence electrons. The predicted molar refractivity (Wildman–Crippen MR) is 69.5 cm³/mol. The van der Waals surface area contributed by atoms with Gasteiger partial charge in [0.15, 0.2) is 0 Å². The molecule has 2 rings (SSSR count). The first-order valence-corrected chi connectivity index (χ1v) is 6.27. The van der Waals surface area contributed by atoms with E-state index in [0.717, 1.165) is 9.88 Å².